The van der Waals surface area contributed by atoms with Crippen LogP contribution < -0.4 is 0 Å². The molecule has 4 nitrogen and oxygen atoms in total. The first-order chi connectivity index (χ1) is 15.8. The first-order valence-corrected chi connectivity index (χ1v) is 13.9. The Labute approximate surface area is 196 Å². The predicted octanol–water partition coefficient (Wildman–Crippen LogP) is 5.57. The van der Waals surface area contributed by atoms with Gasteiger partial charge in [0.15, 0.2) is 24.3 Å². The highest BCUT2D eigenvalue weighted by atomic mass is 32.3. The smallest absolute Gasteiger partial charge is 0.196 e. The molecule has 0 amide bonds. The standard InChI is InChI=1S/C27H26O4S2/c1-21(22-12-5-2-6-13-22)23-14-11-15-24(20-23)27(32(28,29)25-16-7-3-8-17-25)33(30,31)26-18-9-4-10-19-26/h2-19,21,24,27H,20H2,1H3. The van der Waals surface area contributed by atoms with Crippen LogP contribution in [-0.4, -0.2) is 21.4 Å². The molecule has 0 bridgehead atoms. The van der Waals surface area contributed by atoms with Crippen LogP contribution in [0.3, 0.4) is 0 Å². The number of hydrogen-bond acceptors (Lipinski definition) is 4. The van der Waals surface area contributed by atoms with Gasteiger partial charge in [0.2, 0.25) is 0 Å². The van der Waals surface area contributed by atoms with E-state index in [2.05, 4.69) is 6.92 Å². The molecule has 2 unspecified atom stereocenters. The van der Waals surface area contributed by atoms with Gasteiger partial charge in [0.25, 0.3) is 0 Å². The van der Waals surface area contributed by atoms with E-state index in [0.717, 1.165) is 11.1 Å². The Hall–Kier alpha value is -2.96. The van der Waals surface area contributed by atoms with Crippen LogP contribution in [0.5, 0.6) is 0 Å². The van der Waals surface area contributed by atoms with Crippen molar-refractivity contribution in [1.29, 1.82) is 0 Å². The molecular weight excluding hydrogens is 452 g/mol. The number of benzene rings is 3. The normalized spacial score (nSPS) is 17.5. The summed E-state index contributed by atoms with van der Waals surface area (Å²) < 4.78 is 53.4. The summed E-state index contributed by atoms with van der Waals surface area (Å²) in [4.78, 5) is 0.0187. The van der Waals surface area contributed by atoms with Gasteiger partial charge in [-0.05, 0) is 36.2 Å². The lowest BCUT2D eigenvalue weighted by molar-refractivity contribution is 0.540. The Morgan fingerprint density at radius 1 is 0.697 bits per heavy atom. The van der Waals surface area contributed by atoms with E-state index in [-0.39, 0.29) is 15.7 Å². The molecule has 0 fully saturated rings. The number of hydrogen-bond donors (Lipinski definition) is 0. The Morgan fingerprint density at radius 3 is 1.64 bits per heavy atom. The monoisotopic (exact) mass is 478 g/mol. The molecule has 0 aliphatic heterocycles. The van der Waals surface area contributed by atoms with E-state index in [9.17, 15) is 16.8 Å². The molecular formula is C27H26O4S2. The maximum absolute atomic E-state index is 13.8. The van der Waals surface area contributed by atoms with Crippen molar-refractivity contribution in [3.05, 3.63) is 120 Å². The lowest BCUT2D eigenvalue weighted by atomic mass is 9.84. The molecule has 0 saturated carbocycles. The van der Waals surface area contributed by atoms with Crippen molar-refractivity contribution in [2.45, 2.75) is 33.6 Å². The van der Waals surface area contributed by atoms with Gasteiger partial charge >= 0.3 is 0 Å². The van der Waals surface area contributed by atoms with Crippen LogP contribution in [0.2, 0.25) is 0 Å². The Kier molecular flexibility index (Phi) is 6.68. The lowest BCUT2D eigenvalue weighted by Crippen LogP contribution is -2.38. The van der Waals surface area contributed by atoms with Crippen LogP contribution in [0, 0.1) is 5.92 Å². The number of sulfone groups is 2. The fraction of sp³-hybridized carbons (Fsp3) is 0.185. The van der Waals surface area contributed by atoms with Gasteiger partial charge in [0.05, 0.1) is 9.79 Å². The summed E-state index contributed by atoms with van der Waals surface area (Å²) in [6, 6.07) is 25.6. The van der Waals surface area contributed by atoms with Crippen molar-refractivity contribution in [2.24, 2.45) is 5.92 Å². The van der Waals surface area contributed by atoms with Crippen molar-refractivity contribution in [1.82, 2.24) is 0 Å². The summed E-state index contributed by atoms with van der Waals surface area (Å²) in [6.45, 7) is 2.06. The zero-order valence-corrected chi connectivity index (χ0v) is 19.9. The second kappa shape index (κ2) is 9.49. The highest BCUT2D eigenvalue weighted by molar-refractivity contribution is 8.09. The van der Waals surface area contributed by atoms with Crippen LogP contribution >= 0.6 is 0 Å². The van der Waals surface area contributed by atoms with Gasteiger partial charge in [-0.1, -0.05) is 97.5 Å². The maximum Gasteiger partial charge on any atom is 0.196 e. The Balaban J connectivity index is 1.78. The summed E-state index contributed by atoms with van der Waals surface area (Å²) >= 11 is 0. The molecule has 0 spiro atoms. The quantitative estimate of drug-likeness (QED) is 0.445. The minimum absolute atomic E-state index is 0.00937. The molecule has 4 rings (SSSR count). The molecule has 3 aromatic carbocycles. The van der Waals surface area contributed by atoms with Crippen molar-refractivity contribution >= 4 is 19.7 Å². The topological polar surface area (TPSA) is 68.3 Å². The summed E-state index contributed by atoms with van der Waals surface area (Å²) in [6.07, 6.45) is 5.81. The molecule has 2 atom stereocenters. The molecule has 0 radical (unpaired) electrons. The van der Waals surface area contributed by atoms with Gasteiger partial charge < -0.3 is 0 Å². The van der Waals surface area contributed by atoms with Gasteiger partial charge in [-0.25, -0.2) is 16.8 Å². The zero-order valence-electron chi connectivity index (χ0n) is 18.3. The van der Waals surface area contributed by atoms with Gasteiger partial charge in [-0.2, -0.15) is 0 Å². The third kappa shape index (κ3) is 4.72. The summed E-state index contributed by atoms with van der Waals surface area (Å²) in [5, 5.41) is 0. The van der Waals surface area contributed by atoms with E-state index in [1.54, 1.807) is 48.6 Å². The molecule has 0 N–H and O–H groups in total. The molecule has 0 saturated heterocycles. The third-order valence-electron chi connectivity index (χ3n) is 6.10. The fourth-order valence-electron chi connectivity index (χ4n) is 4.31. The number of allylic oxidation sites excluding steroid dienone is 4. The van der Waals surface area contributed by atoms with Crippen LogP contribution in [0.25, 0.3) is 0 Å². The van der Waals surface area contributed by atoms with E-state index in [0.29, 0.717) is 6.42 Å². The first kappa shape index (κ1) is 23.2. The average molecular weight is 479 g/mol. The van der Waals surface area contributed by atoms with E-state index >= 15 is 0 Å². The largest absolute Gasteiger partial charge is 0.222 e. The Bertz CT molecular complexity index is 1290. The summed E-state index contributed by atoms with van der Waals surface area (Å²) in [5.74, 6) is -0.676. The van der Waals surface area contributed by atoms with Gasteiger partial charge in [0.1, 0.15) is 0 Å². The van der Waals surface area contributed by atoms with Crippen LogP contribution in [0.15, 0.2) is 125 Å². The highest BCUT2D eigenvalue weighted by Crippen LogP contribution is 2.39. The summed E-state index contributed by atoms with van der Waals surface area (Å²) in [5.41, 5.74) is 2.11. The van der Waals surface area contributed by atoms with Crippen molar-refractivity contribution < 1.29 is 16.8 Å². The minimum atomic E-state index is -4.19. The number of rotatable bonds is 7. The minimum Gasteiger partial charge on any atom is -0.222 e. The molecule has 0 aromatic heterocycles. The van der Waals surface area contributed by atoms with E-state index in [1.807, 2.05) is 36.4 Å². The van der Waals surface area contributed by atoms with Gasteiger partial charge in [-0.15, -0.1) is 0 Å². The molecule has 1 aliphatic carbocycles. The predicted molar refractivity (Wildman–Crippen MR) is 131 cm³/mol. The molecule has 33 heavy (non-hydrogen) atoms. The van der Waals surface area contributed by atoms with Gasteiger partial charge in [-0.3, -0.25) is 0 Å². The average Bonchev–Trinajstić information content (AvgIpc) is 2.85. The van der Waals surface area contributed by atoms with Gasteiger partial charge in [0, 0.05) is 11.8 Å². The lowest BCUT2D eigenvalue weighted by Gasteiger charge is -2.29. The van der Waals surface area contributed by atoms with Crippen molar-refractivity contribution in [2.75, 3.05) is 0 Å². The first-order valence-electron chi connectivity index (χ1n) is 10.8. The van der Waals surface area contributed by atoms with Crippen LogP contribution in [0.1, 0.15) is 24.8 Å². The fourth-order valence-corrected chi connectivity index (χ4v) is 9.21. The molecule has 3 aromatic rings. The van der Waals surface area contributed by atoms with Crippen molar-refractivity contribution in [3.8, 4) is 0 Å². The van der Waals surface area contributed by atoms with E-state index in [1.165, 1.54) is 24.3 Å². The van der Waals surface area contributed by atoms with Crippen LogP contribution in [-0.2, 0) is 19.7 Å². The second-order valence-corrected chi connectivity index (χ2v) is 12.6. The molecule has 6 heteroatoms. The maximum atomic E-state index is 13.8. The highest BCUT2D eigenvalue weighted by Gasteiger charge is 2.45. The molecule has 0 heterocycles. The van der Waals surface area contributed by atoms with E-state index < -0.39 is 30.2 Å². The third-order valence-corrected chi connectivity index (χ3v) is 11.4. The molecule has 1 aliphatic rings. The molecule has 170 valence electrons. The zero-order chi connectivity index (χ0) is 23.5. The second-order valence-electron chi connectivity index (χ2n) is 8.21. The van der Waals surface area contributed by atoms with Crippen LogP contribution in [0.4, 0.5) is 0 Å². The SMILES string of the molecule is CC(C1=CC=CC(C(S(=O)(=O)c2ccccc2)S(=O)(=O)c2ccccc2)C1)c1ccccc1. The Morgan fingerprint density at radius 2 is 1.15 bits per heavy atom. The van der Waals surface area contributed by atoms with Crippen molar-refractivity contribution in [3.63, 3.8) is 0 Å². The summed E-state index contributed by atoms with van der Waals surface area (Å²) in [7, 11) is -8.37. The van der Waals surface area contributed by atoms with E-state index in [4.69, 9.17) is 0 Å².